The second-order valence-electron chi connectivity index (χ2n) is 7.86. The topological polar surface area (TPSA) is 76.7 Å². The van der Waals surface area contributed by atoms with Gasteiger partial charge in [-0.2, -0.15) is 0 Å². The van der Waals surface area contributed by atoms with E-state index in [0.29, 0.717) is 36.0 Å². The highest BCUT2D eigenvalue weighted by Crippen LogP contribution is 2.29. The Bertz CT molecular complexity index is 1140. The van der Waals surface area contributed by atoms with E-state index in [0.717, 1.165) is 20.1 Å². The maximum Gasteiger partial charge on any atom is 0.276 e. The molecule has 0 saturated heterocycles. The lowest BCUT2D eigenvalue weighted by Crippen LogP contribution is -2.44. The van der Waals surface area contributed by atoms with Crippen molar-refractivity contribution in [3.63, 3.8) is 0 Å². The number of hydrogen-bond acceptors (Lipinski definition) is 4. The van der Waals surface area contributed by atoms with Gasteiger partial charge in [-0.3, -0.25) is 20.4 Å². The fourth-order valence-corrected chi connectivity index (χ4v) is 3.97. The van der Waals surface area contributed by atoms with Crippen LogP contribution in [0.4, 0.5) is 0 Å². The molecular weight excluding hydrogens is 564 g/mol. The van der Waals surface area contributed by atoms with E-state index < -0.39 is 11.8 Å². The van der Waals surface area contributed by atoms with Crippen molar-refractivity contribution in [3.05, 3.63) is 92.4 Å². The van der Waals surface area contributed by atoms with Crippen LogP contribution in [-0.4, -0.2) is 25.0 Å². The third-order valence-electron chi connectivity index (χ3n) is 4.97. The van der Waals surface area contributed by atoms with Gasteiger partial charge in [0.1, 0.15) is 11.5 Å². The van der Waals surface area contributed by atoms with Gasteiger partial charge in [-0.15, -0.1) is 0 Å². The summed E-state index contributed by atoms with van der Waals surface area (Å²) in [7, 11) is 0. The molecule has 3 rings (SSSR count). The first-order valence-electron chi connectivity index (χ1n) is 10.8. The van der Waals surface area contributed by atoms with Gasteiger partial charge in [0.2, 0.25) is 0 Å². The fraction of sp³-hybridized carbons (Fsp3) is 0.231. The standard InChI is InChI=1S/C26H26Br2N2O4/c1-17(2)19-8-10-24(22(28)14-19)34-16-25(31)29-30-26(32)21-15-20(27)9-11-23(21)33-13-12-18-6-4-3-5-7-18/h3-11,14-15,17H,12-13,16H2,1-2H3,(H,29,31)(H,30,32). The molecular formula is C26H26Br2N2O4. The number of rotatable bonds is 9. The number of carbonyl (C=O) groups excluding carboxylic acids is 2. The molecule has 0 fully saturated rings. The summed E-state index contributed by atoms with van der Waals surface area (Å²) in [5.74, 6) is 0.374. The van der Waals surface area contributed by atoms with Crippen LogP contribution in [0.15, 0.2) is 75.7 Å². The van der Waals surface area contributed by atoms with Crippen LogP contribution < -0.4 is 20.3 Å². The third-order valence-corrected chi connectivity index (χ3v) is 6.09. The molecule has 0 radical (unpaired) electrons. The van der Waals surface area contributed by atoms with E-state index in [1.54, 1.807) is 18.2 Å². The van der Waals surface area contributed by atoms with Crippen LogP contribution in [0.5, 0.6) is 11.5 Å². The predicted molar refractivity (Wildman–Crippen MR) is 139 cm³/mol. The molecule has 2 N–H and O–H groups in total. The number of carbonyl (C=O) groups is 2. The van der Waals surface area contributed by atoms with E-state index >= 15 is 0 Å². The Hall–Kier alpha value is -2.84. The van der Waals surface area contributed by atoms with E-state index in [9.17, 15) is 9.59 Å². The van der Waals surface area contributed by atoms with Gasteiger partial charge in [0, 0.05) is 10.9 Å². The number of benzene rings is 3. The second kappa shape index (κ2) is 12.6. The molecule has 3 aromatic rings. The summed E-state index contributed by atoms with van der Waals surface area (Å²) in [5.41, 5.74) is 7.40. The summed E-state index contributed by atoms with van der Waals surface area (Å²) in [4.78, 5) is 24.9. The summed E-state index contributed by atoms with van der Waals surface area (Å²) >= 11 is 6.84. The highest BCUT2D eigenvalue weighted by atomic mass is 79.9. The van der Waals surface area contributed by atoms with Crippen molar-refractivity contribution in [3.8, 4) is 11.5 Å². The minimum absolute atomic E-state index is 0.251. The summed E-state index contributed by atoms with van der Waals surface area (Å²) in [5, 5.41) is 0. The Kier molecular flexibility index (Phi) is 9.53. The Morgan fingerprint density at radius 1 is 0.882 bits per heavy atom. The molecule has 0 bridgehead atoms. The lowest BCUT2D eigenvalue weighted by molar-refractivity contribution is -0.123. The second-order valence-corrected chi connectivity index (χ2v) is 9.63. The molecule has 34 heavy (non-hydrogen) atoms. The largest absolute Gasteiger partial charge is 0.492 e. The Morgan fingerprint density at radius 3 is 2.32 bits per heavy atom. The normalized spacial score (nSPS) is 10.6. The van der Waals surface area contributed by atoms with Gasteiger partial charge >= 0.3 is 0 Å². The van der Waals surface area contributed by atoms with Crippen molar-refractivity contribution < 1.29 is 19.1 Å². The number of ether oxygens (including phenoxy) is 2. The average molecular weight is 590 g/mol. The van der Waals surface area contributed by atoms with Gasteiger partial charge in [0.05, 0.1) is 16.6 Å². The first-order valence-corrected chi connectivity index (χ1v) is 12.4. The zero-order valence-electron chi connectivity index (χ0n) is 18.9. The van der Waals surface area contributed by atoms with Crippen LogP contribution in [0.2, 0.25) is 0 Å². The number of nitrogens with one attached hydrogen (secondary N) is 2. The van der Waals surface area contributed by atoms with Crippen molar-refractivity contribution in [1.29, 1.82) is 0 Å². The van der Waals surface area contributed by atoms with E-state index in [2.05, 4.69) is 56.6 Å². The lowest BCUT2D eigenvalue weighted by Gasteiger charge is -2.14. The SMILES string of the molecule is CC(C)c1ccc(OCC(=O)NNC(=O)c2cc(Br)ccc2OCCc2ccccc2)c(Br)c1. The quantitative estimate of drug-likeness (QED) is 0.309. The van der Waals surface area contributed by atoms with E-state index in [-0.39, 0.29) is 6.61 Å². The van der Waals surface area contributed by atoms with Crippen LogP contribution in [0, 0.1) is 0 Å². The summed E-state index contributed by atoms with van der Waals surface area (Å²) < 4.78 is 12.9. The molecule has 0 aliphatic heterocycles. The van der Waals surface area contributed by atoms with Crippen molar-refractivity contribution in [2.24, 2.45) is 0 Å². The summed E-state index contributed by atoms with van der Waals surface area (Å²) in [6.07, 6.45) is 0.708. The first kappa shape index (κ1) is 25.8. The molecule has 3 aromatic carbocycles. The minimum atomic E-state index is -0.494. The van der Waals surface area contributed by atoms with Crippen molar-refractivity contribution >= 4 is 43.7 Å². The van der Waals surface area contributed by atoms with Crippen LogP contribution in [0.3, 0.4) is 0 Å². The van der Waals surface area contributed by atoms with Gasteiger partial charge < -0.3 is 9.47 Å². The summed E-state index contributed by atoms with van der Waals surface area (Å²) in [6, 6.07) is 20.8. The molecule has 178 valence electrons. The monoisotopic (exact) mass is 588 g/mol. The van der Waals surface area contributed by atoms with Crippen molar-refractivity contribution in [2.75, 3.05) is 13.2 Å². The van der Waals surface area contributed by atoms with Gasteiger partial charge in [-0.1, -0.05) is 66.2 Å². The molecule has 0 aliphatic carbocycles. The van der Waals surface area contributed by atoms with Crippen LogP contribution in [-0.2, 0) is 11.2 Å². The molecule has 2 amide bonds. The highest BCUT2D eigenvalue weighted by molar-refractivity contribution is 9.10. The van der Waals surface area contributed by atoms with E-state index in [1.807, 2.05) is 48.5 Å². The van der Waals surface area contributed by atoms with Gasteiger partial charge in [-0.25, -0.2) is 0 Å². The third kappa shape index (κ3) is 7.60. The van der Waals surface area contributed by atoms with E-state index in [4.69, 9.17) is 9.47 Å². The van der Waals surface area contributed by atoms with Crippen molar-refractivity contribution in [2.45, 2.75) is 26.2 Å². The molecule has 0 aromatic heterocycles. The predicted octanol–water partition coefficient (Wildman–Crippen LogP) is 5.80. The Morgan fingerprint density at radius 2 is 1.62 bits per heavy atom. The number of hydrogen-bond donors (Lipinski definition) is 2. The van der Waals surface area contributed by atoms with E-state index in [1.165, 1.54) is 0 Å². The molecule has 0 atom stereocenters. The number of hydrazine groups is 1. The van der Waals surface area contributed by atoms with Gasteiger partial charge in [-0.05, 0) is 63.3 Å². The molecule has 0 spiro atoms. The smallest absolute Gasteiger partial charge is 0.276 e. The zero-order valence-corrected chi connectivity index (χ0v) is 22.1. The molecule has 8 heteroatoms. The maximum atomic E-state index is 12.7. The summed E-state index contributed by atoms with van der Waals surface area (Å²) in [6.45, 7) is 4.36. The zero-order chi connectivity index (χ0) is 24.5. The van der Waals surface area contributed by atoms with Crippen LogP contribution in [0.25, 0.3) is 0 Å². The van der Waals surface area contributed by atoms with Crippen LogP contribution >= 0.6 is 31.9 Å². The maximum absolute atomic E-state index is 12.7. The molecule has 6 nitrogen and oxygen atoms in total. The number of amides is 2. The number of halogens is 2. The van der Waals surface area contributed by atoms with Gasteiger partial charge in [0.25, 0.3) is 11.8 Å². The highest BCUT2D eigenvalue weighted by Gasteiger charge is 2.15. The molecule has 0 unspecified atom stereocenters. The van der Waals surface area contributed by atoms with Crippen molar-refractivity contribution in [1.82, 2.24) is 10.9 Å². The Labute approximate surface area is 216 Å². The lowest BCUT2D eigenvalue weighted by atomic mass is 10.0. The van der Waals surface area contributed by atoms with Gasteiger partial charge in [0.15, 0.2) is 6.61 Å². The van der Waals surface area contributed by atoms with Crippen LogP contribution in [0.1, 0.15) is 41.3 Å². The molecule has 0 aliphatic rings. The Balaban J connectivity index is 1.52. The molecule has 0 heterocycles. The fourth-order valence-electron chi connectivity index (χ4n) is 3.10. The average Bonchev–Trinajstić information content (AvgIpc) is 2.83. The first-order chi connectivity index (χ1) is 16.3. The molecule has 0 saturated carbocycles. The minimum Gasteiger partial charge on any atom is -0.492 e.